The van der Waals surface area contributed by atoms with Crippen molar-refractivity contribution in [3.8, 4) is 5.95 Å². The zero-order valence-electron chi connectivity index (χ0n) is 13.2. The topological polar surface area (TPSA) is 89.8 Å². The number of anilines is 1. The van der Waals surface area contributed by atoms with Crippen molar-refractivity contribution in [2.45, 2.75) is 18.7 Å². The number of hydrogen-bond donors (Lipinski definition) is 1. The van der Waals surface area contributed by atoms with Gasteiger partial charge in [-0.1, -0.05) is 17.7 Å². The highest BCUT2D eigenvalue weighted by Crippen LogP contribution is 2.31. The van der Waals surface area contributed by atoms with E-state index in [1.165, 1.54) is 10.7 Å². The number of aryl methyl sites for hydroxylation is 2. The molecule has 0 aliphatic carbocycles. The van der Waals surface area contributed by atoms with Gasteiger partial charge in [-0.05, 0) is 53.5 Å². The standard InChI is InChI=1S/C15H13BrClN5O2S/c1-9-4-5-12(11(17)8-9)25(23,24)21-14-13(16)10(2)20-22(14)15-18-6-3-7-19-15/h3-8,21H,1-2H3. The van der Waals surface area contributed by atoms with E-state index in [0.29, 0.717) is 10.2 Å². The Labute approximate surface area is 158 Å². The molecule has 0 aliphatic rings. The molecule has 0 aliphatic heterocycles. The lowest BCUT2D eigenvalue weighted by Crippen LogP contribution is -2.17. The Morgan fingerprint density at radius 2 is 1.88 bits per heavy atom. The molecule has 1 aromatic carbocycles. The molecule has 0 spiro atoms. The molecule has 25 heavy (non-hydrogen) atoms. The minimum absolute atomic E-state index is 0.0222. The summed E-state index contributed by atoms with van der Waals surface area (Å²) in [5.74, 6) is 0.435. The van der Waals surface area contributed by atoms with Crippen molar-refractivity contribution in [1.82, 2.24) is 19.7 Å². The van der Waals surface area contributed by atoms with Crippen LogP contribution in [-0.2, 0) is 10.0 Å². The molecule has 0 atom stereocenters. The lowest BCUT2D eigenvalue weighted by molar-refractivity contribution is 0.600. The van der Waals surface area contributed by atoms with Gasteiger partial charge in [-0.15, -0.1) is 0 Å². The van der Waals surface area contributed by atoms with Crippen LogP contribution in [0.2, 0.25) is 5.02 Å². The molecule has 3 rings (SSSR count). The molecule has 0 bridgehead atoms. The van der Waals surface area contributed by atoms with Crippen LogP contribution in [0.1, 0.15) is 11.3 Å². The monoisotopic (exact) mass is 441 g/mol. The minimum Gasteiger partial charge on any atom is -0.262 e. The molecule has 130 valence electrons. The van der Waals surface area contributed by atoms with E-state index in [1.54, 1.807) is 37.5 Å². The van der Waals surface area contributed by atoms with Gasteiger partial charge in [0.15, 0.2) is 5.82 Å². The Bertz CT molecular complexity index is 1040. The second-order valence-electron chi connectivity index (χ2n) is 5.25. The van der Waals surface area contributed by atoms with Gasteiger partial charge in [-0.3, -0.25) is 4.72 Å². The lowest BCUT2D eigenvalue weighted by atomic mass is 10.2. The smallest absolute Gasteiger partial charge is 0.262 e. The van der Waals surface area contributed by atoms with Crippen molar-refractivity contribution < 1.29 is 8.42 Å². The fourth-order valence-corrected chi connectivity index (χ4v) is 4.28. The van der Waals surface area contributed by atoms with E-state index in [1.807, 2.05) is 6.92 Å². The summed E-state index contributed by atoms with van der Waals surface area (Å²) >= 11 is 9.46. The van der Waals surface area contributed by atoms with Crippen LogP contribution in [0, 0.1) is 13.8 Å². The third kappa shape index (κ3) is 3.53. The molecule has 3 aromatic rings. The van der Waals surface area contributed by atoms with E-state index in [4.69, 9.17) is 11.6 Å². The highest BCUT2D eigenvalue weighted by molar-refractivity contribution is 9.10. The highest BCUT2D eigenvalue weighted by atomic mass is 79.9. The second kappa shape index (κ2) is 6.74. The summed E-state index contributed by atoms with van der Waals surface area (Å²) in [4.78, 5) is 8.19. The van der Waals surface area contributed by atoms with Crippen molar-refractivity contribution >= 4 is 43.4 Å². The SMILES string of the molecule is Cc1ccc(S(=O)(=O)Nc2c(Br)c(C)nn2-c2ncccn2)c(Cl)c1. The summed E-state index contributed by atoms with van der Waals surface area (Å²) in [6, 6.07) is 6.39. The van der Waals surface area contributed by atoms with Crippen LogP contribution in [0.25, 0.3) is 5.95 Å². The number of halogens is 2. The van der Waals surface area contributed by atoms with Gasteiger partial charge in [0.1, 0.15) is 4.90 Å². The number of rotatable bonds is 4. The molecule has 10 heteroatoms. The first-order chi connectivity index (χ1) is 11.8. The van der Waals surface area contributed by atoms with Crippen LogP contribution in [0.3, 0.4) is 0 Å². The average Bonchev–Trinajstić information content (AvgIpc) is 2.83. The van der Waals surface area contributed by atoms with Crippen LogP contribution < -0.4 is 4.72 Å². The number of aromatic nitrogens is 4. The summed E-state index contributed by atoms with van der Waals surface area (Å²) in [6.07, 6.45) is 3.09. The lowest BCUT2D eigenvalue weighted by Gasteiger charge is -2.11. The van der Waals surface area contributed by atoms with Gasteiger partial charge in [0.05, 0.1) is 15.2 Å². The summed E-state index contributed by atoms with van der Waals surface area (Å²) in [5, 5.41) is 4.42. The van der Waals surface area contributed by atoms with Crippen LogP contribution in [-0.4, -0.2) is 28.2 Å². The van der Waals surface area contributed by atoms with Crippen LogP contribution in [0.15, 0.2) is 46.0 Å². The van der Waals surface area contributed by atoms with E-state index in [-0.39, 0.29) is 21.7 Å². The van der Waals surface area contributed by atoms with Crippen molar-refractivity contribution in [3.63, 3.8) is 0 Å². The molecule has 7 nitrogen and oxygen atoms in total. The van der Waals surface area contributed by atoms with Gasteiger partial charge >= 0.3 is 0 Å². The maximum Gasteiger partial charge on any atom is 0.264 e. The number of sulfonamides is 1. The average molecular weight is 443 g/mol. The fraction of sp³-hybridized carbons (Fsp3) is 0.133. The summed E-state index contributed by atoms with van der Waals surface area (Å²) in [5.41, 5.74) is 1.45. The fourth-order valence-electron chi connectivity index (χ4n) is 2.15. The van der Waals surface area contributed by atoms with Gasteiger partial charge in [0.25, 0.3) is 16.0 Å². The molecule has 0 amide bonds. The summed E-state index contributed by atoms with van der Waals surface area (Å²) in [6.45, 7) is 3.57. The van der Waals surface area contributed by atoms with E-state index in [2.05, 4.69) is 35.7 Å². The van der Waals surface area contributed by atoms with Crippen molar-refractivity contribution in [1.29, 1.82) is 0 Å². The quantitative estimate of drug-likeness (QED) is 0.668. The van der Waals surface area contributed by atoms with Gasteiger partial charge < -0.3 is 0 Å². The largest absolute Gasteiger partial charge is 0.264 e. The molecule has 1 N–H and O–H groups in total. The molecular formula is C15H13BrClN5O2S. The van der Waals surface area contributed by atoms with Crippen molar-refractivity contribution in [3.05, 3.63) is 57.4 Å². The molecule has 2 heterocycles. The Morgan fingerprint density at radius 3 is 2.52 bits per heavy atom. The maximum absolute atomic E-state index is 12.8. The molecule has 0 fully saturated rings. The van der Waals surface area contributed by atoms with Gasteiger partial charge in [-0.2, -0.15) is 9.78 Å². The summed E-state index contributed by atoms with van der Waals surface area (Å²) in [7, 11) is -3.93. The van der Waals surface area contributed by atoms with Crippen molar-refractivity contribution in [2.75, 3.05) is 4.72 Å². The molecule has 0 saturated carbocycles. The van der Waals surface area contributed by atoms with Crippen LogP contribution in [0.4, 0.5) is 5.82 Å². The van der Waals surface area contributed by atoms with E-state index in [9.17, 15) is 8.42 Å². The molecule has 0 unspecified atom stereocenters. The number of nitrogens with one attached hydrogen (secondary N) is 1. The third-order valence-corrected chi connectivity index (χ3v) is 6.11. The van der Waals surface area contributed by atoms with E-state index < -0.39 is 10.0 Å². The van der Waals surface area contributed by atoms with Crippen LogP contribution >= 0.6 is 27.5 Å². The molecule has 0 radical (unpaired) electrons. The number of nitrogens with zero attached hydrogens (tertiary/aromatic N) is 4. The maximum atomic E-state index is 12.8. The Balaban J connectivity index is 2.09. The van der Waals surface area contributed by atoms with E-state index in [0.717, 1.165) is 5.56 Å². The van der Waals surface area contributed by atoms with Gasteiger partial charge in [0.2, 0.25) is 0 Å². The first-order valence-corrected chi connectivity index (χ1v) is 9.76. The third-order valence-electron chi connectivity index (χ3n) is 3.34. The number of hydrogen-bond acceptors (Lipinski definition) is 5. The first kappa shape index (κ1) is 17.8. The van der Waals surface area contributed by atoms with Gasteiger partial charge in [0, 0.05) is 12.4 Å². The Hall–Kier alpha value is -1.97. The normalized spacial score (nSPS) is 11.5. The minimum atomic E-state index is -3.93. The zero-order chi connectivity index (χ0) is 18.2. The second-order valence-corrected chi connectivity index (χ2v) is 8.10. The number of benzene rings is 1. The first-order valence-electron chi connectivity index (χ1n) is 7.11. The Kier molecular flexibility index (Phi) is 4.81. The zero-order valence-corrected chi connectivity index (χ0v) is 16.4. The Morgan fingerprint density at radius 1 is 1.20 bits per heavy atom. The molecule has 2 aromatic heterocycles. The molecular weight excluding hydrogens is 430 g/mol. The highest BCUT2D eigenvalue weighted by Gasteiger charge is 2.24. The predicted molar refractivity (Wildman–Crippen MR) is 98.6 cm³/mol. The van der Waals surface area contributed by atoms with Gasteiger partial charge in [-0.25, -0.2) is 18.4 Å². The molecule has 0 saturated heterocycles. The predicted octanol–water partition coefficient (Wildman–Crippen LogP) is 3.50. The summed E-state index contributed by atoms with van der Waals surface area (Å²) < 4.78 is 29.9. The van der Waals surface area contributed by atoms with Crippen LogP contribution in [0.5, 0.6) is 0 Å². The van der Waals surface area contributed by atoms with Crippen molar-refractivity contribution in [2.24, 2.45) is 0 Å². The van der Waals surface area contributed by atoms with E-state index >= 15 is 0 Å².